The topological polar surface area (TPSA) is 60.9 Å². The summed E-state index contributed by atoms with van der Waals surface area (Å²) in [6.45, 7) is 2.06. The first-order chi connectivity index (χ1) is 12.1. The van der Waals surface area contributed by atoms with Crippen molar-refractivity contribution in [2.24, 2.45) is 5.92 Å². The van der Waals surface area contributed by atoms with Crippen LogP contribution >= 0.6 is 0 Å². The molecule has 5 heteroatoms. The lowest BCUT2D eigenvalue weighted by molar-refractivity contribution is -0.160. The smallest absolute Gasteiger partial charge is 0.248 e. The fraction of sp³-hybridized carbons (Fsp3) is 0.600. The maximum Gasteiger partial charge on any atom is 0.248 e. The van der Waals surface area contributed by atoms with Gasteiger partial charge in [0.25, 0.3) is 0 Å². The van der Waals surface area contributed by atoms with Crippen molar-refractivity contribution in [2.45, 2.75) is 56.7 Å². The quantitative estimate of drug-likeness (QED) is 0.913. The molecule has 4 rings (SSSR count). The van der Waals surface area contributed by atoms with E-state index in [1.54, 1.807) is 0 Å². The van der Waals surface area contributed by atoms with Crippen molar-refractivity contribution in [3.8, 4) is 0 Å². The minimum Gasteiger partial charge on any atom is -0.393 e. The van der Waals surface area contributed by atoms with Gasteiger partial charge in [-0.1, -0.05) is 30.3 Å². The van der Waals surface area contributed by atoms with Crippen molar-refractivity contribution < 1.29 is 14.7 Å². The van der Waals surface area contributed by atoms with Crippen molar-refractivity contribution in [3.05, 3.63) is 35.9 Å². The van der Waals surface area contributed by atoms with Gasteiger partial charge in [-0.3, -0.25) is 9.59 Å². The van der Waals surface area contributed by atoms with E-state index in [1.165, 1.54) is 0 Å². The third kappa shape index (κ3) is 2.84. The average Bonchev–Trinajstić information content (AvgIpc) is 3.01. The molecule has 2 heterocycles. The van der Waals surface area contributed by atoms with Crippen LogP contribution in [-0.2, 0) is 16.1 Å². The predicted molar refractivity (Wildman–Crippen MR) is 93.5 cm³/mol. The molecule has 3 aliphatic rings. The normalized spacial score (nSPS) is 32.1. The summed E-state index contributed by atoms with van der Waals surface area (Å²) in [5.41, 5.74) is 0.496. The monoisotopic (exact) mass is 342 g/mol. The second kappa shape index (κ2) is 6.45. The number of hydrogen-bond donors (Lipinski definition) is 1. The molecule has 2 aliphatic heterocycles. The number of carbonyl (C=O) groups is 2. The van der Waals surface area contributed by atoms with Crippen LogP contribution in [0.25, 0.3) is 0 Å². The molecule has 134 valence electrons. The zero-order chi connectivity index (χ0) is 17.4. The Morgan fingerprint density at radius 3 is 2.48 bits per heavy atom. The van der Waals surface area contributed by atoms with Crippen LogP contribution in [0.1, 0.15) is 44.1 Å². The molecule has 1 saturated carbocycles. The lowest BCUT2D eigenvalue weighted by Crippen LogP contribution is -2.62. The van der Waals surface area contributed by atoms with E-state index in [0.29, 0.717) is 25.9 Å². The largest absolute Gasteiger partial charge is 0.393 e. The van der Waals surface area contributed by atoms with Gasteiger partial charge in [0, 0.05) is 25.6 Å². The number of amides is 2. The minimum atomic E-state index is -0.634. The molecule has 0 bridgehead atoms. The fourth-order valence-corrected chi connectivity index (χ4v) is 4.71. The zero-order valence-corrected chi connectivity index (χ0v) is 14.6. The van der Waals surface area contributed by atoms with Gasteiger partial charge in [-0.05, 0) is 44.1 Å². The lowest BCUT2D eigenvalue weighted by atomic mass is 9.79. The van der Waals surface area contributed by atoms with Crippen LogP contribution < -0.4 is 0 Å². The summed E-state index contributed by atoms with van der Waals surface area (Å²) in [4.78, 5) is 30.0. The molecular formula is C20H26N2O3. The summed E-state index contributed by atoms with van der Waals surface area (Å²) >= 11 is 0. The summed E-state index contributed by atoms with van der Waals surface area (Å²) < 4.78 is 0. The number of piperidine rings is 1. The van der Waals surface area contributed by atoms with Gasteiger partial charge in [0.05, 0.1) is 6.10 Å². The number of nitrogens with zero attached hydrogens (tertiary/aromatic N) is 2. The van der Waals surface area contributed by atoms with Crippen LogP contribution in [0, 0.1) is 5.92 Å². The highest BCUT2D eigenvalue weighted by Gasteiger charge is 2.54. The molecule has 1 spiro atoms. The van der Waals surface area contributed by atoms with Crippen LogP contribution in [0.15, 0.2) is 30.3 Å². The average molecular weight is 342 g/mol. The minimum absolute atomic E-state index is 0.0812. The molecule has 25 heavy (non-hydrogen) atoms. The first kappa shape index (κ1) is 16.6. The van der Waals surface area contributed by atoms with Gasteiger partial charge in [-0.15, -0.1) is 0 Å². The number of rotatable bonds is 3. The Labute approximate surface area is 148 Å². The van der Waals surface area contributed by atoms with E-state index in [1.807, 2.05) is 40.1 Å². The maximum absolute atomic E-state index is 13.3. The van der Waals surface area contributed by atoms with Gasteiger partial charge < -0.3 is 14.9 Å². The second-order valence-corrected chi connectivity index (χ2v) is 7.76. The van der Waals surface area contributed by atoms with E-state index in [2.05, 4.69) is 0 Å². The van der Waals surface area contributed by atoms with E-state index < -0.39 is 5.54 Å². The number of hydrogen-bond acceptors (Lipinski definition) is 3. The van der Waals surface area contributed by atoms with Gasteiger partial charge >= 0.3 is 0 Å². The summed E-state index contributed by atoms with van der Waals surface area (Å²) in [5.74, 6) is 0.105. The zero-order valence-electron chi connectivity index (χ0n) is 14.6. The van der Waals surface area contributed by atoms with Gasteiger partial charge in [0.15, 0.2) is 0 Å². The van der Waals surface area contributed by atoms with Gasteiger partial charge in [-0.25, -0.2) is 0 Å². The van der Waals surface area contributed by atoms with Crippen LogP contribution in [0.5, 0.6) is 0 Å². The summed E-state index contributed by atoms with van der Waals surface area (Å²) in [6.07, 6.45) is 4.14. The van der Waals surface area contributed by atoms with E-state index in [4.69, 9.17) is 0 Å². The third-order valence-corrected chi connectivity index (χ3v) is 6.14. The first-order valence-electron chi connectivity index (χ1n) is 9.43. The molecule has 1 N–H and O–H groups in total. The molecule has 1 aromatic carbocycles. The first-order valence-corrected chi connectivity index (χ1v) is 9.43. The molecule has 0 radical (unpaired) electrons. The highest BCUT2D eigenvalue weighted by atomic mass is 16.3. The summed E-state index contributed by atoms with van der Waals surface area (Å²) in [6, 6.07) is 10.1. The number of likely N-dealkylation sites (tertiary alicyclic amines) is 2. The molecule has 1 aliphatic carbocycles. The molecule has 1 atom stereocenters. The highest BCUT2D eigenvalue weighted by molar-refractivity contribution is 5.93. The Kier molecular flexibility index (Phi) is 4.28. The Morgan fingerprint density at radius 1 is 1.12 bits per heavy atom. The Bertz CT molecular complexity index is 656. The SMILES string of the molecule is O=C(C1CC(O)C1)N1CCCC12CCCN(Cc1ccccc1)C2=O. The second-order valence-electron chi connectivity index (χ2n) is 7.76. The lowest BCUT2D eigenvalue weighted by Gasteiger charge is -2.46. The number of aliphatic hydroxyl groups excluding tert-OH is 1. The molecule has 0 aromatic heterocycles. The summed E-state index contributed by atoms with van der Waals surface area (Å²) in [5, 5.41) is 9.52. The van der Waals surface area contributed by atoms with E-state index in [9.17, 15) is 14.7 Å². The Morgan fingerprint density at radius 2 is 1.80 bits per heavy atom. The Balaban J connectivity index is 1.53. The van der Waals surface area contributed by atoms with E-state index >= 15 is 0 Å². The number of carbonyl (C=O) groups excluding carboxylic acids is 2. The van der Waals surface area contributed by atoms with Crippen LogP contribution in [0.4, 0.5) is 0 Å². The van der Waals surface area contributed by atoms with Crippen LogP contribution in [-0.4, -0.2) is 51.5 Å². The molecule has 3 fully saturated rings. The summed E-state index contributed by atoms with van der Waals surface area (Å²) in [7, 11) is 0. The van der Waals surface area contributed by atoms with E-state index in [0.717, 1.165) is 37.8 Å². The highest BCUT2D eigenvalue weighted by Crippen LogP contribution is 2.41. The molecule has 1 aromatic rings. The van der Waals surface area contributed by atoms with Crippen molar-refractivity contribution >= 4 is 11.8 Å². The van der Waals surface area contributed by atoms with Crippen molar-refractivity contribution in [2.75, 3.05) is 13.1 Å². The van der Waals surface area contributed by atoms with Crippen molar-refractivity contribution in [1.29, 1.82) is 0 Å². The van der Waals surface area contributed by atoms with Gasteiger partial charge in [0.2, 0.25) is 11.8 Å². The molecule has 2 saturated heterocycles. The van der Waals surface area contributed by atoms with Crippen molar-refractivity contribution in [3.63, 3.8) is 0 Å². The van der Waals surface area contributed by atoms with Crippen molar-refractivity contribution in [1.82, 2.24) is 9.80 Å². The van der Waals surface area contributed by atoms with Gasteiger partial charge in [-0.2, -0.15) is 0 Å². The van der Waals surface area contributed by atoms with Gasteiger partial charge in [0.1, 0.15) is 5.54 Å². The predicted octanol–water partition coefficient (Wildman–Crippen LogP) is 1.94. The molecule has 1 unspecified atom stereocenters. The number of benzene rings is 1. The number of aliphatic hydroxyl groups is 1. The molecule has 2 amide bonds. The van der Waals surface area contributed by atoms with Crippen LogP contribution in [0.2, 0.25) is 0 Å². The third-order valence-electron chi connectivity index (χ3n) is 6.14. The molecule has 5 nitrogen and oxygen atoms in total. The molecular weight excluding hydrogens is 316 g/mol. The standard InChI is InChI=1S/C20H26N2O3/c23-17-12-16(13-17)18(24)22-11-5-9-20(22)8-4-10-21(19(20)25)14-15-6-2-1-3-7-15/h1-3,6-7,16-17,23H,4-5,8-14H2. The van der Waals surface area contributed by atoms with Crippen LogP contribution in [0.3, 0.4) is 0 Å². The van der Waals surface area contributed by atoms with E-state index in [-0.39, 0.29) is 23.8 Å². The Hall–Kier alpha value is -1.88. The fourth-order valence-electron chi connectivity index (χ4n) is 4.71. The maximum atomic E-state index is 13.3.